The highest BCUT2D eigenvalue weighted by atomic mass is 19.1. The van der Waals surface area contributed by atoms with Crippen LogP contribution in [0.4, 0.5) is 4.39 Å². The van der Waals surface area contributed by atoms with Gasteiger partial charge in [-0.05, 0) is 36.0 Å². The molecule has 2 nitrogen and oxygen atoms in total. The van der Waals surface area contributed by atoms with Crippen LogP contribution in [0.5, 0.6) is 5.75 Å². The predicted octanol–water partition coefficient (Wildman–Crippen LogP) is 3.67. The second-order valence-corrected chi connectivity index (χ2v) is 5.22. The fraction of sp³-hybridized carbons (Fsp3) is 0.294. The molecule has 0 heterocycles. The van der Waals surface area contributed by atoms with Crippen molar-refractivity contribution in [2.45, 2.75) is 18.4 Å². The van der Waals surface area contributed by atoms with Crippen LogP contribution >= 0.6 is 0 Å². The molecule has 0 radical (unpaired) electrons. The first-order valence-electron chi connectivity index (χ1n) is 6.77. The molecular weight excluding hydrogens is 255 g/mol. The Balaban J connectivity index is 1.83. The van der Waals surface area contributed by atoms with Crippen molar-refractivity contribution in [1.82, 2.24) is 0 Å². The summed E-state index contributed by atoms with van der Waals surface area (Å²) in [6, 6.07) is 14.7. The summed E-state index contributed by atoms with van der Waals surface area (Å²) in [6.07, 6.45) is 0.0548. The van der Waals surface area contributed by atoms with Gasteiger partial charge in [-0.25, -0.2) is 4.39 Å². The lowest BCUT2D eigenvalue weighted by Crippen LogP contribution is -2.06. The van der Waals surface area contributed by atoms with Gasteiger partial charge in [-0.15, -0.1) is 0 Å². The molecule has 1 saturated carbocycles. The molecule has 2 aromatic carbocycles. The SMILES string of the molecule is COc1cccc(F)c1C(O)C1CC1c1ccccc1. The standard InChI is InChI=1S/C17H17FO2/c1-20-15-9-5-8-14(18)16(15)17(19)13-10-12(13)11-6-3-2-4-7-11/h2-9,12-13,17,19H,10H2,1H3. The maximum atomic E-state index is 14.0. The Bertz CT molecular complexity index is 597. The fourth-order valence-electron chi connectivity index (χ4n) is 2.84. The Kier molecular flexibility index (Phi) is 3.45. The first-order chi connectivity index (χ1) is 9.72. The third kappa shape index (κ3) is 2.29. The molecule has 0 bridgehead atoms. The van der Waals surface area contributed by atoms with Gasteiger partial charge < -0.3 is 9.84 Å². The van der Waals surface area contributed by atoms with E-state index in [1.54, 1.807) is 12.1 Å². The van der Waals surface area contributed by atoms with Crippen LogP contribution in [0.2, 0.25) is 0 Å². The molecule has 3 unspecified atom stereocenters. The predicted molar refractivity (Wildman–Crippen MR) is 75.2 cm³/mol. The number of rotatable bonds is 4. The summed E-state index contributed by atoms with van der Waals surface area (Å²) in [5.41, 5.74) is 1.48. The zero-order valence-electron chi connectivity index (χ0n) is 11.3. The van der Waals surface area contributed by atoms with Gasteiger partial charge in [0.25, 0.3) is 0 Å². The third-order valence-corrected chi connectivity index (χ3v) is 4.00. The number of hydrogen-bond donors (Lipinski definition) is 1. The number of ether oxygens (including phenoxy) is 1. The molecule has 2 aromatic rings. The summed E-state index contributed by atoms with van der Waals surface area (Å²) >= 11 is 0. The normalized spacial score (nSPS) is 22.4. The summed E-state index contributed by atoms with van der Waals surface area (Å²) in [6.45, 7) is 0. The molecule has 3 heteroatoms. The van der Waals surface area contributed by atoms with Crippen LogP contribution in [0.15, 0.2) is 48.5 Å². The van der Waals surface area contributed by atoms with Crippen LogP contribution < -0.4 is 4.74 Å². The van der Waals surface area contributed by atoms with Crippen LogP contribution in [0.3, 0.4) is 0 Å². The van der Waals surface area contributed by atoms with E-state index in [9.17, 15) is 9.50 Å². The summed E-state index contributed by atoms with van der Waals surface area (Å²) in [5.74, 6) is 0.366. The van der Waals surface area contributed by atoms with E-state index in [4.69, 9.17) is 4.74 Å². The first kappa shape index (κ1) is 13.1. The highest BCUT2D eigenvalue weighted by Gasteiger charge is 2.45. The highest BCUT2D eigenvalue weighted by molar-refractivity contribution is 5.39. The van der Waals surface area contributed by atoms with E-state index in [2.05, 4.69) is 12.1 Å². The monoisotopic (exact) mass is 272 g/mol. The van der Waals surface area contributed by atoms with Crippen molar-refractivity contribution in [2.75, 3.05) is 7.11 Å². The van der Waals surface area contributed by atoms with E-state index in [1.165, 1.54) is 18.7 Å². The molecule has 3 rings (SSSR count). The maximum absolute atomic E-state index is 14.0. The van der Waals surface area contributed by atoms with Gasteiger partial charge in [0.2, 0.25) is 0 Å². The molecule has 20 heavy (non-hydrogen) atoms. The lowest BCUT2D eigenvalue weighted by Gasteiger charge is -2.15. The molecule has 3 atom stereocenters. The zero-order chi connectivity index (χ0) is 14.1. The average molecular weight is 272 g/mol. The molecule has 104 valence electrons. The Morgan fingerprint density at radius 3 is 2.60 bits per heavy atom. The molecule has 0 spiro atoms. The van der Waals surface area contributed by atoms with Gasteiger partial charge in [-0.2, -0.15) is 0 Å². The lowest BCUT2D eigenvalue weighted by molar-refractivity contribution is 0.142. The Hall–Kier alpha value is -1.87. The van der Waals surface area contributed by atoms with Gasteiger partial charge >= 0.3 is 0 Å². The molecular formula is C17H17FO2. The van der Waals surface area contributed by atoms with E-state index in [0.717, 1.165) is 6.42 Å². The minimum absolute atomic E-state index is 0.0585. The van der Waals surface area contributed by atoms with Crippen molar-refractivity contribution < 1.29 is 14.2 Å². The maximum Gasteiger partial charge on any atom is 0.132 e. The number of aliphatic hydroxyl groups excluding tert-OH is 1. The van der Waals surface area contributed by atoms with Crippen molar-refractivity contribution in [1.29, 1.82) is 0 Å². The molecule has 0 saturated heterocycles. The van der Waals surface area contributed by atoms with E-state index in [-0.39, 0.29) is 11.5 Å². The van der Waals surface area contributed by atoms with Crippen LogP contribution in [0.25, 0.3) is 0 Å². The topological polar surface area (TPSA) is 29.5 Å². The first-order valence-corrected chi connectivity index (χ1v) is 6.77. The quantitative estimate of drug-likeness (QED) is 0.920. The second kappa shape index (κ2) is 5.25. The zero-order valence-corrected chi connectivity index (χ0v) is 11.3. The van der Waals surface area contributed by atoms with E-state index >= 15 is 0 Å². The van der Waals surface area contributed by atoms with E-state index < -0.39 is 11.9 Å². The molecule has 1 aliphatic rings. The number of hydrogen-bond acceptors (Lipinski definition) is 2. The number of aliphatic hydroxyl groups is 1. The Morgan fingerprint density at radius 2 is 1.90 bits per heavy atom. The second-order valence-electron chi connectivity index (χ2n) is 5.22. The molecule has 1 fully saturated rings. The van der Waals surface area contributed by atoms with Crippen LogP contribution in [-0.2, 0) is 0 Å². The van der Waals surface area contributed by atoms with Gasteiger partial charge in [0, 0.05) is 0 Å². The fourth-order valence-corrected chi connectivity index (χ4v) is 2.84. The van der Waals surface area contributed by atoms with Crippen LogP contribution in [-0.4, -0.2) is 12.2 Å². The van der Waals surface area contributed by atoms with Gasteiger partial charge in [0.05, 0.1) is 18.8 Å². The van der Waals surface area contributed by atoms with Gasteiger partial charge in [0.1, 0.15) is 11.6 Å². The summed E-state index contributed by atoms with van der Waals surface area (Å²) in [5, 5.41) is 10.5. The van der Waals surface area contributed by atoms with Crippen LogP contribution in [0.1, 0.15) is 29.6 Å². The molecule has 0 aliphatic heterocycles. The minimum atomic E-state index is -0.823. The van der Waals surface area contributed by atoms with Gasteiger partial charge in [-0.1, -0.05) is 36.4 Å². The number of halogens is 1. The van der Waals surface area contributed by atoms with Crippen LogP contribution in [0, 0.1) is 11.7 Å². The van der Waals surface area contributed by atoms with E-state index in [1.807, 2.05) is 18.2 Å². The number of benzene rings is 2. The van der Waals surface area contributed by atoms with Crippen molar-refractivity contribution in [3.05, 3.63) is 65.5 Å². The molecule has 1 aliphatic carbocycles. The number of methoxy groups -OCH3 is 1. The van der Waals surface area contributed by atoms with Gasteiger partial charge in [-0.3, -0.25) is 0 Å². The highest BCUT2D eigenvalue weighted by Crippen LogP contribution is 2.55. The van der Waals surface area contributed by atoms with Crippen molar-refractivity contribution in [3.8, 4) is 5.75 Å². The van der Waals surface area contributed by atoms with Crippen molar-refractivity contribution in [3.63, 3.8) is 0 Å². The Labute approximate surface area is 117 Å². The average Bonchev–Trinajstić information content (AvgIpc) is 3.27. The van der Waals surface area contributed by atoms with Crippen molar-refractivity contribution in [2.24, 2.45) is 5.92 Å². The molecule has 0 aromatic heterocycles. The van der Waals surface area contributed by atoms with E-state index in [0.29, 0.717) is 11.7 Å². The van der Waals surface area contributed by atoms with Crippen molar-refractivity contribution >= 4 is 0 Å². The summed E-state index contributed by atoms with van der Waals surface area (Å²) in [7, 11) is 1.49. The molecule has 0 amide bonds. The summed E-state index contributed by atoms with van der Waals surface area (Å²) in [4.78, 5) is 0. The van der Waals surface area contributed by atoms with Gasteiger partial charge in [0.15, 0.2) is 0 Å². The largest absolute Gasteiger partial charge is 0.496 e. The summed E-state index contributed by atoms with van der Waals surface area (Å²) < 4.78 is 19.1. The lowest BCUT2D eigenvalue weighted by atomic mass is 10.00. The third-order valence-electron chi connectivity index (χ3n) is 4.00. The molecule has 1 N–H and O–H groups in total. The smallest absolute Gasteiger partial charge is 0.132 e. The Morgan fingerprint density at radius 1 is 1.15 bits per heavy atom. The minimum Gasteiger partial charge on any atom is -0.496 e.